The number of piperidine rings is 3. The Kier molecular flexibility index (Phi) is 5.09. The zero-order valence-corrected chi connectivity index (χ0v) is 16.0. The lowest BCUT2D eigenvalue weighted by molar-refractivity contribution is -0.124. The molecule has 3 saturated heterocycles. The van der Waals surface area contributed by atoms with Crippen LogP contribution in [0.2, 0.25) is 0 Å². The van der Waals surface area contributed by atoms with E-state index in [4.69, 9.17) is 0 Å². The first kappa shape index (κ1) is 17.7. The molecule has 4 aliphatic rings. The highest BCUT2D eigenvalue weighted by Gasteiger charge is 2.57. The Morgan fingerprint density at radius 3 is 2.40 bits per heavy atom. The summed E-state index contributed by atoms with van der Waals surface area (Å²) >= 11 is 0. The molecule has 0 aromatic carbocycles. The smallest absolute Gasteiger partial charge is 0.223 e. The first-order chi connectivity index (χ1) is 12.1. The van der Waals surface area contributed by atoms with Gasteiger partial charge in [-0.3, -0.25) is 9.69 Å². The molecule has 1 saturated carbocycles. The van der Waals surface area contributed by atoms with Gasteiger partial charge in [-0.25, -0.2) is 0 Å². The molecule has 1 unspecified atom stereocenters. The van der Waals surface area contributed by atoms with Gasteiger partial charge in [0.25, 0.3) is 0 Å². The number of nitrogens with zero attached hydrogens (tertiary/aromatic N) is 2. The van der Waals surface area contributed by atoms with E-state index in [-0.39, 0.29) is 5.54 Å². The number of likely N-dealkylation sites (tertiary alicyclic amines) is 2. The minimum atomic E-state index is 0.207. The SMILES string of the molecule is CN1CCC(CNC(=O)C2CC23CCNCC3)(N2CCCCC2)CC1. The lowest BCUT2D eigenvalue weighted by atomic mass is 9.84. The van der Waals surface area contributed by atoms with Crippen LogP contribution < -0.4 is 10.6 Å². The third-order valence-corrected chi connectivity index (χ3v) is 7.64. The molecule has 3 heterocycles. The number of hydrogen-bond donors (Lipinski definition) is 2. The van der Waals surface area contributed by atoms with E-state index in [9.17, 15) is 4.79 Å². The van der Waals surface area contributed by atoms with Crippen LogP contribution in [0.25, 0.3) is 0 Å². The fraction of sp³-hybridized carbons (Fsp3) is 0.950. The molecule has 1 spiro atoms. The summed E-state index contributed by atoms with van der Waals surface area (Å²) in [5.41, 5.74) is 0.555. The molecule has 1 amide bonds. The van der Waals surface area contributed by atoms with Crippen molar-refractivity contribution in [2.24, 2.45) is 11.3 Å². The third kappa shape index (κ3) is 3.60. The first-order valence-corrected chi connectivity index (χ1v) is 10.6. The summed E-state index contributed by atoms with van der Waals surface area (Å²) < 4.78 is 0. The lowest BCUT2D eigenvalue weighted by Crippen LogP contribution is -2.61. The minimum Gasteiger partial charge on any atom is -0.354 e. The van der Waals surface area contributed by atoms with Gasteiger partial charge in [0.2, 0.25) is 5.91 Å². The van der Waals surface area contributed by atoms with E-state index in [2.05, 4.69) is 27.5 Å². The van der Waals surface area contributed by atoms with Gasteiger partial charge in [-0.05, 0) is 96.7 Å². The molecule has 0 bridgehead atoms. The number of nitrogens with one attached hydrogen (secondary N) is 2. The molecule has 0 aromatic rings. The molecule has 0 aromatic heterocycles. The number of hydrogen-bond acceptors (Lipinski definition) is 4. The number of carbonyl (C=O) groups is 1. The van der Waals surface area contributed by atoms with Crippen molar-refractivity contribution in [1.29, 1.82) is 0 Å². The zero-order valence-electron chi connectivity index (χ0n) is 16.0. The first-order valence-electron chi connectivity index (χ1n) is 10.6. The van der Waals surface area contributed by atoms with Gasteiger partial charge >= 0.3 is 0 Å². The highest BCUT2D eigenvalue weighted by molar-refractivity contribution is 5.82. The van der Waals surface area contributed by atoms with Crippen LogP contribution in [-0.2, 0) is 4.79 Å². The normalized spacial score (nSPS) is 32.4. The van der Waals surface area contributed by atoms with Gasteiger partial charge in [-0.2, -0.15) is 0 Å². The van der Waals surface area contributed by atoms with Gasteiger partial charge < -0.3 is 15.5 Å². The number of amides is 1. The van der Waals surface area contributed by atoms with Gasteiger partial charge in [0, 0.05) is 18.0 Å². The largest absolute Gasteiger partial charge is 0.354 e. The summed E-state index contributed by atoms with van der Waals surface area (Å²) in [6.45, 7) is 7.81. The molecular formula is C20H36N4O. The van der Waals surface area contributed by atoms with E-state index >= 15 is 0 Å². The van der Waals surface area contributed by atoms with E-state index in [0.717, 1.165) is 39.1 Å². The lowest BCUT2D eigenvalue weighted by Gasteiger charge is -2.50. The summed E-state index contributed by atoms with van der Waals surface area (Å²) in [6.07, 6.45) is 9.92. The summed E-state index contributed by atoms with van der Waals surface area (Å²) in [5.74, 6) is 0.636. The van der Waals surface area contributed by atoms with E-state index in [0.29, 0.717) is 17.2 Å². The molecule has 1 aliphatic carbocycles. The fourth-order valence-electron chi connectivity index (χ4n) is 5.58. The molecule has 4 rings (SSSR count). The highest BCUT2D eigenvalue weighted by Crippen LogP contribution is 2.58. The molecule has 4 fully saturated rings. The van der Waals surface area contributed by atoms with Crippen LogP contribution in [-0.4, -0.2) is 74.1 Å². The topological polar surface area (TPSA) is 47.6 Å². The van der Waals surface area contributed by atoms with Crippen LogP contribution in [0.1, 0.15) is 51.4 Å². The minimum absolute atomic E-state index is 0.207. The zero-order chi connectivity index (χ0) is 17.3. The molecule has 3 aliphatic heterocycles. The molecule has 1 atom stereocenters. The fourth-order valence-corrected chi connectivity index (χ4v) is 5.58. The van der Waals surface area contributed by atoms with Crippen LogP contribution in [0.5, 0.6) is 0 Å². The van der Waals surface area contributed by atoms with Gasteiger partial charge in [0.15, 0.2) is 0 Å². The Hall–Kier alpha value is -0.650. The maximum atomic E-state index is 12.9. The van der Waals surface area contributed by atoms with Crippen LogP contribution in [0, 0.1) is 11.3 Å². The Bertz CT molecular complexity index is 474. The number of carbonyl (C=O) groups excluding carboxylic acids is 1. The van der Waals surface area contributed by atoms with Gasteiger partial charge in [0.1, 0.15) is 0 Å². The summed E-state index contributed by atoms with van der Waals surface area (Å²) in [4.78, 5) is 18.0. The van der Waals surface area contributed by atoms with Crippen molar-refractivity contribution in [2.45, 2.75) is 56.9 Å². The van der Waals surface area contributed by atoms with Crippen LogP contribution in [0.3, 0.4) is 0 Å². The van der Waals surface area contributed by atoms with E-state index < -0.39 is 0 Å². The molecule has 25 heavy (non-hydrogen) atoms. The quantitative estimate of drug-likeness (QED) is 0.807. The summed E-state index contributed by atoms with van der Waals surface area (Å²) in [7, 11) is 2.23. The second-order valence-electron chi connectivity index (χ2n) is 9.16. The van der Waals surface area contributed by atoms with Crippen molar-refractivity contribution < 1.29 is 4.79 Å². The van der Waals surface area contributed by atoms with E-state index in [1.807, 2.05) is 0 Å². The van der Waals surface area contributed by atoms with Crippen molar-refractivity contribution >= 4 is 5.91 Å². The standard InChI is InChI=1S/C20H36N4O/c1-23-13-7-20(8-14-23,24-11-3-2-4-12-24)16-22-18(25)17-15-19(17)5-9-21-10-6-19/h17,21H,2-16H2,1H3,(H,22,25). The van der Waals surface area contributed by atoms with Gasteiger partial charge in [-0.15, -0.1) is 0 Å². The van der Waals surface area contributed by atoms with Crippen LogP contribution >= 0.6 is 0 Å². The average molecular weight is 349 g/mol. The average Bonchev–Trinajstić information content (AvgIpc) is 3.35. The summed E-state index contributed by atoms with van der Waals surface area (Å²) in [6, 6.07) is 0. The third-order valence-electron chi connectivity index (χ3n) is 7.64. The molecular weight excluding hydrogens is 312 g/mol. The molecule has 0 radical (unpaired) electrons. The monoisotopic (exact) mass is 348 g/mol. The predicted molar refractivity (Wildman–Crippen MR) is 101 cm³/mol. The van der Waals surface area contributed by atoms with Crippen molar-refractivity contribution in [2.75, 3.05) is 52.9 Å². The molecule has 2 N–H and O–H groups in total. The van der Waals surface area contributed by atoms with E-state index in [1.165, 1.54) is 58.0 Å². The molecule has 5 nitrogen and oxygen atoms in total. The van der Waals surface area contributed by atoms with Crippen molar-refractivity contribution in [1.82, 2.24) is 20.4 Å². The molecule has 5 heteroatoms. The Morgan fingerprint density at radius 1 is 1.04 bits per heavy atom. The second kappa shape index (κ2) is 7.16. The Morgan fingerprint density at radius 2 is 1.72 bits per heavy atom. The van der Waals surface area contributed by atoms with Crippen molar-refractivity contribution in [3.63, 3.8) is 0 Å². The summed E-state index contributed by atoms with van der Waals surface area (Å²) in [5, 5.41) is 6.85. The van der Waals surface area contributed by atoms with Gasteiger partial charge in [-0.1, -0.05) is 6.42 Å². The maximum absolute atomic E-state index is 12.9. The van der Waals surface area contributed by atoms with Crippen LogP contribution in [0.4, 0.5) is 0 Å². The predicted octanol–water partition coefficient (Wildman–Crippen LogP) is 1.44. The second-order valence-corrected chi connectivity index (χ2v) is 9.16. The van der Waals surface area contributed by atoms with Gasteiger partial charge in [0.05, 0.1) is 0 Å². The highest BCUT2D eigenvalue weighted by atomic mass is 16.2. The molecule has 142 valence electrons. The number of rotatable bonds is 4. The van der Waals surface area contributed by atoms with Crippen molar-refractivity contribution in [3.05, 3.63) is 0 Å². The van der Waals surface area contributed by atoms with Crippen LogP contribution in [0.15, 0.2) is 0 Å². The maximum Gasteiger partial charge on any atom is 0.223 e. The van der Waals surface area contributed by atoms with E-state index in [1.54, 1.807) is 0 Å². The Labute approximate surface area is 152 Å². The Balaban J connectivity index is 1.36. The van der Waals surface area contributed by atoms with Crippen molar-refractivity contribution in [3.8, 4) is 0 Å².